The number of nitrogens with zero attached hydrogens (tertiary/aromatic N) is 2. The van der Waals surface area contributed by atoms with Gasteiger partial charge in [-0.2, -0.15) is 0 Å². The van der Waals surface area contributed by atoms with Crippen molar-refractivity contribution in [3.05, 3.63) is 77.0 Å². The van der Waals surface area contributed by atoms with Gasteiger partial charge >= 0.3 is 0 Å². The standard InChI is InChI=1S/C17H13BrN4O3S/c18-13-6-8-14(9-7-13)21-16(23)12-10-19-17(20-11-12)22-26(24,25)15-4-2-1-3-5-15/h1-11H,(H,21,23)(H,19,20,22). The molecule has 1 amide bonds. The van der Waals surface area contributed by atoms with Crippen LogP contribution in [-0.2, 0) is 10.0 Å². The van der Waals surface area contributed by atoms with Crippen molar-refractivity contribution in [3.8, 4) is 0 Å². The summed E-state index contributed by atoms with van der Waals surface area (Å²) in [4.78, 5) is 20.1. The van der Waals surface area contributed by atoms with Crippen molar-refractivity contribution in [1.82, 2.24) is 9.97 Å². The topological polar surface area (TPSA) is 101 Å². The largest absolute Gasteiger partial charge is 0.322 e. The Kier molecular flexibility index (Phi) is 5.29. The minimum atomic E-state index is -3.78. The summed E-state index contributed by atoms with van der Waals surface area (Å²) in [5.74, 6) is -0.515. The average molecular weight is 433 g/mol. The van der Waals surface area contributed by atoms with E-state index in [4.69, 9.17) is 0 Å². The van der Waals surface area contributed by atoms with Crippen molar-refractivity contribution in [1.29, 1.82) is 0 Å². The Hall–Kier alpha value is -2.78. The molecule has 0 aliphatic rings. The third-order valence-corrected chi connectivity index (χ3v) is 5.17. The number of sulfonamides is 1. The van der Waals surface area contributed by atoms with Crippen LogP contribution in [0.15, 0.2) is 76.4 Å². The summed E-state index contributed by atoms with van der Waals surface area (Å²) in [7, 11) is -3.78. The summed E-state index contributed by atoms with van der Waals surface area (Å²) in [5, 5.41) is 2.70. The van der Waals surface area contributed by atoms with Gasteiger partial charge in [-0.15, -0.1) is 0 Å². The fourth-order valence-electron chi connectivity index (χ4n) is 2.01. The number of benzene rings is 2. The predicted octanol–water partition coefficient (Wildman–Crippen LogP) is 3.29. The fraction of sp³-hybridized carbons (Fsp3) is 0. The van der Waals surface area contributed by atoms with E-state index in [9.17, 15) is 13.2 Å². The van der Waals surface area contributed by atoms with Gasteiger partial charge in [0.25, 0.3) is 15.9 Å². The first-order valence-corrected chi connectivity index (χ1v) is 9.68. The second kappa shape index (κ2) is 7.63. The van der Waals surface area contributed by atoms with E-state index in [1.54, 1.807) is 42.5 Å². The summed E-state index contributed by atoms with van der Waals surface area (Å²) in [6, 6.07) is 15.0. The SMILES string of the molecule is O=C(Nc1ccc(Br)cc1)c1cnc(NS(=O)(=O)c2ccccc2)nc1. The van der Waals surface area contributed by atoms with Crippen LogP contribution in [0.25, 0.3) is 0 Å². The third-order valence-electron chi connectivity index (χ3n) is 3.30. The van der Waals surface area contributed by atoms with Crippen LogP contribution in [0.1, 0.15) is 10.4 Å². The monoisotopic (exact) mass is 432 g/mol. The zero-order valence-corrected chi connectivity index (χ0v) is 15.7. The molecule has 0 aliphatic carbocycles. The van der Waals surface area contributed by atoms with Crippen LogP contribution < -0.4 is 10.0 Å². The Morgan fingerprint density at radius 2 is 1.54 bits per heavy atom. The van der Waals surface area contributed by atoms with E-state index in [0.29, 0.717) is 5.69 Å². The zero-order valence-electron chi connectivity index (χ0n) is 13.3. The van der Waals surface area contributed by atoms with Crippen LogP contribution in [0.2, 0.25) is 0 Å². The van der Waals surface area contributed by atoms with Crippen LogP contribution in [-0.4, -0.2) is 24.3 Å². The molecule has 3 aromatic rings. The molecule has 0 spiro atoms. The van der Waals surface area contributed by atoms with Gasteiger partial charge in [-0.05, 0) is 36.4 Å². The molecule has 26 heavy (non-hydrogen) atoms. The molecular formula is C17H13BrN4O3S. The highest BCUT2D eigenvalue weighted by Crippen LogP contribution is 2.15. The molecule has 0 unspecified atom stereocenters. The molecule has 0 radical (unpaired) electrons. The zero-order chi connectivity index (χ0) is 18.6. The minimum absolute atomic E-state index is 0.0978. The number of halogens is 1. The Morgan fingerprint density at radius 1 is 0.923 bits per heavy atom. The second-order valence-corrected chi connectivity index (χ2v) is 7.77. The van der Waals surface area contributed by atoms with E-state index in [-0.39, 0.29) is 16.4 Å². The van der Waals surface area contributed by atoms with E-state index in [1.807, 2.05) is 0 Å². The fourth-order valence-corrected chi connectivity index (χ4v) is 3.26. The van der Waals surface area contributed by atoms with E-state index < -0.39 is 15.9 Å². The molecule has 0 saturated heterocycles. The highest BCUT2D eigenvalue weighted by Gasteiger charge is 2.15. The van der Waals surface area contributed by atoms with Crippen molar-refractivity contribution in [2.45, 2.75) is 4.90 Å². The highest BCUT2D eigenvalue weighted by atomic mass is 79.9. The number of carbonyl (C=O) groups excluding carboxylic acids is 1. The van der Waals surface area contributed by atoms with Gasteiger partial charge in [-0.3, -0.25) is 4.79 Å². The number of rotatable bonds is 5. The smallest absolute Gasteiger partial charge is 0.264 e. The Labute approximate surface area is 158 Å². The van der Waals surface area contributed by atoms with Crippen molar-refractivity contribution in [3.63, 3.8) is 0 Å². The maximum atomic E-state index is 12.2. The van der Waals surface area contributed by atoms with Crippen LogP contribution in [0.5, 0.6) is 0 Å². The van der Waals surface area contributed by atoms with Crippen LogP contribution in [0, 0.1) is 0 Å². The summed E-state index contributed by atoms with van der Waals surface area (Å²) < 4.78 is 27.6. The Balaban J connectivity index is 1.70. The average Bonchev–Trinajstić information content (AvgIpc) is 2.64. The van der Waals surface area contributed by atoms with Gasteiger partial charge in [0.05, 0.1) is 10.5 Å². The number of carbonyl (C=O) groups is 1. The first kappa shape index (κ1) is 18.0. The van der Waals surface area contributed by atoms with Crippen LogP contribution in [0.3, 0.4) is 0 Å². The number of aromatic nitrogens is 2. The van der Waals surface area contributed by atoms with Gasteiger partial charge in [-0.25, -0.2) is 23.1 Å². The first-order valence-electron chi connectivity index (χ1n) is 7.41. The molecule has 7 nitrogen and oxygen atoms in total. The molecular weight excluding hydrogens is 420 g/mol. The first-order chi connectivity index (χ1) is 12.4. The maximum Gasteiger partial charge on any atom is 0.264 e. The normalized spacial score (nSPS) is 11.0. The number of hydrogen-bond donors (Lipinski definition) is 2. The number of anilines is 2. The van der Waals surface area contributed by atoms with E-state index >= 15 is 0 Å². The lowest BCUT2D eigenvalue weighted by Crippen LogP contribution is -2.16. The van der Waals surface area contributed by atoms with Crippen LogP contribution in [0.4, 0.5) is 11.6 Å². The second-order valence-electron chi connectivity index (χ2n) is 5.17. The van der Waals surface area contributed by atoms with E-state index in [2.05, 4.69) is 35.9 Å². The van der Waals surface area contributed by atoms with Gasteiger partial charge in [0.1, 0.15) is 0 Å². The molecule has 1 heterocycles. The van der Waals surface area contributed by atoms with Crippen molar-refractivity contribution in [2.75, 3.05) is 10.0 Å². The molecule has 0 fully saturated rings. The van der Waals surface area contributed by atoms with Crippen molar-refractivity contribution < 1.29 is 13.2 Å². The summed E-state index contributed by atoms with van der Waals surface area (Å²) in [5.41, 5.74) is 0.822. The lowest BCUT2D eigenvalue weighted by molar-refractivity contribution is 0.102. The van der Waals surface area contributed by atoms with Crippen molar-refractivity contribution in [2.24, 2.45) is 0 Å². The number of nitrogens with one attached hydrogen (secondary N) is 2. The molecule has 0 bridgehead atoms. The molecule has 0 atom stereocenters. The lowest BCUT2D eigenvalue weighted by Gasteiger charge is -2.07. The highest BCUT2D eigenvalue weighted by molar-refractivity contribution is 9.10. The molecule has 0 aliphatic heterocycles. The molecule has 132 valence electrons. The quantitative estimate of drug-likeness (QED) is 0.643. The summed E-state index contributed by atoms with van der Waals surface area (Å²) in [6.07, 6.45) is 2.51. The molecule has 0 saturated carbocycles. The summed E-state index contributed by atoms with van der Waals surface area (Å²) in [6.45, 7) is 0. The van der Waals surface area contributed by atoms with E-state index in [1.165, 1.54) is 24.5 Å². The molecule has 9 heteroatoms. The van der Waals surface area contributed by atoms with Gasteiger partial charge in [0, 0.05) is 22.6 Å². The van der Waals surface area contributed by atoms with Crippen LogP contribution >= 0.6 is 15.9 Å². The van der Waals surface area contributed by atoms with Gasteiger partial charge < -0.3 is 5.32 Å². The Morgan fingerprint density at radius 3 is 2.15 bits per heavy atom. The molecule has 3 rings (SSSR count). The minimum Gasteiger partial charge on any atom is -0.322 e. The Bertz CT molecular complexity index is 1010. The third kappa shape index (κ3) is 4.44. The van der Waals surface area contributed by atoms with Gasteiger partial charge in [-0.1, -0.05) is 34.1 Å². The number of amides is 1. The van der Waals surface area contributed by atoms with E-state index in [0.717, 1.165) is 4.47 Å². The predicted molar refractivity (Wildman–Crippen MR) is 101 cm³/mol. The van der Waals surface area contributed by atoms with Gasteiger partial charge in [0.15, 0.2) is 0 Å². The maximum absolute atomic E-state index is 12.2. The molecule has 2 aromatic carbocycles. The van der Waals surface area contributed by atoms with Crippen molar-refractivity contribution >= 4 is 43.5 Å². The van der Waals surface area contributed by atoms with Gasteiger partial charge in [0.2, 0.25) is 5.95 Å². The summed E-state index contributed by atoms with van der Waals surface area (Å²) >= 11 is 3.32. The molecule has 1 aromatic heterocycles. The molecule has 2 N–H and O–H groups in total. The number of hydrogen-bond acceptors (Lipinski definition) is 5. The lowest BCUT2D eigenvalue weighted by atomic mass is 10.3.